The first-order valence-electron chi connectivity index (χ1n) is 6.56. The van der Waals surface area contributed by atoms with Gasteiger partial charge in [-0.3, -0.25) is 14.9 Å². The molecule has 0 aliphatic carbocycles. The molecule has 5 nitrogen and oxygen atoms in total. The van der Waals surface area contributed by atoms with Gasteiger partial charge in [-0.15, -0.1) is 0 Å². The molecule has 2 rings (SSSR count). The summed E-state index contributed by atoms with van der Waals surface area (Å²) in [7, 11) is 0. The number of nitrogens with one attached hydrogen (secondary N) is 1. The second-order valence-corrected chi connectivity index (χ2v) is 5.59. The Labute approximate surface area is 142 Å². The molecule has 1 amide bonds. The fourth-order valence-corrected chi connectivity index (χ4v) is 2.30. The third-order valence-electron chi connectivity index (χ3n) is 3.04. The van der Waals surface area contributed by atoms with Gasteiger partial charge in [-0.1, -0.05) is 29.3 Å². The molecule has 0 fully saturated rings. The molecule has 0 spiro atoms. The van der Waals surface area contributed by atoms with E-state index in [0.29, 0.717) is 16.3 Å². The maximum absolute atomic E-state index is 11.9. The smallest absolute Gasteiger partial charge is 0.288 e. The van der Waals surface area contributed by atoms with Crippen LogP contribution in [0.25, 0.3) is 6.08 Å². The SMILES string of the molecule is Cc1cc(Cl)ccc1NC(=O)/C=C/c1ccc(Cl)c([N+](=O)[O-])c1. The summed E-state index contributed by atoms with van der Waals surface area (Å²) in [5.41, 5.74) is 1.78. The molecule has 23 heavy (non-hydrogen) atoms. The third-order valence-corrected chi connectivity index (χ3v) is 3.60. The molecule has 118 valence electrons. The number of hydrogen-bond acceptors (Lipinski definition) is 3. The first-order chi connectivity index (χ1) is 10.9. The van der Waals surface area contributed by atoms with Crippen LogP contribution in [0.2, 0.25) is 10.0 Å². The van der Waals surface area contributed by atoms with Gasteiger partial charge in [0.2, 0.25) is 5.91 Å². The molecule has 2 aromatic carbocycles. The number of carbonyl (C=O) groups is 1. The number of nitro groups is 1. The molecule has 0 saturated heterocycles. The Bertz CT molecular complexity index is 804. The van der Waals surface area contributed by atoms with Crippen molar-refractivity contribution in [1.29, 1.82) is 0 Å². The highest BCUT2D eigenvalue weighted by Crippen LogP contribution is 2.25. The topological polar surface area (TPSA) is 72.2 Å². The van der Waals surface area contributed by atoms with Crippen LogP contribution in [-0.4, -0.2) is 10.8 Å². The lowest BCUT2D eigenvalue weighted by Crippen LogP contribution is -2.08. The molecule has 7 heteroatoms. The summed E-state index contributed by atoms with van der Waals surface area (Å²) in [4.78, 5) is 22.2. The Morgan fingerprint density at radius 3 is 2.61 bits per heavy atom. The van der Waals surface area contributed by atoms with Crippen LogP contribution in [0.3, 0.4) is 0 Å². The second-order valence-electron chi connectivity index (χ2n) is 4.75. The van der Waals surface area contributed by atoms with Crippen LogP contribution < -0.4 is 5.32 Å². The molecule has 0 bridgehead atoms. The molecule has 2 aromatic rings. The van der Waals surface area contributed by atoms with E-state index in [1.807, 2.05) is 6.92 Å². The number of halogens is 2. The zero-order valence-corrected chi connectivity index (χ0v) is 13.6. The van der Waals surface area contributed by atoms with Gasteiger partial charge in [-0.2, -0.15) is 0 Å². The van der Waals surface area contributed by atoms with Crippen molar-refractivity contribution >= 4 is 46.6 Å². The highest BCUT2D eigenvalue weighted by molar-refractivity contribution is 6.32. The van der Waals surface area contributed by atoms with Crippen molar-refractivity contribution in [3.05, 3.63) is 73.8 Å². The summed E-state index contributed by atoms with van der Waals surface area (Å²) < 4.78 is 0. The lowest BCUT2D eigenvalue weighted by molar-refractivity contribution is -0.384. The monoisotopic (exact) mass is 350 g/mol. The predicted octanol–water partition coefficient (Wildman–Crippen LogP) is 4.86. The molecule has 0 heterocycles. The van der Waals surface area contributed by atoms with Crippen molar-refractivity contribution in [2.24, 2.45) is 0 Å². The lowest BCUT2D eigenvalue weighted by Gasteiger charge is -2.06. The minimum atomic E-state index is -0.573. The van der Waals surface area contributed by atoms with Gasteiger partial charge in [0.25, 0.3) is 5.69 Å². The number of amides is 1. The Hall–Kier alpha value is -2.37. The summed E-state index contributed by atoms with van der Waals surface area (Å²) in [5.74, 6) is -0.354. The largest absolute Gasteiger partial charge is 0.322 e. The second kappa shape index (κ2) is 7.26. The van der Waals surface area contributed by atoms with Gasteiger partial charge in [-0.05, 0) is 48.4 Å². The Balaban J connectivity index is 2.12. The van der Waals surface area contributed by atoms with Crippen molar-refractivity contribution in [3.63, 3.8) is 0 Å². The first kappa shape index (κ1) is 17.0. The van der Waals surface area contributed by atoms with Gasteiger partial charge >= 0.3 is 0 Å². The quantitative estimate of drug-likeness (QED) is 0.486. The van der Waals surface area contributed by atoms with Crippen molar-refractivity contribution in [2.75, 3.05) is 5.32 Å². The average Bonchev–Trinajstić information content (AvgIpc) is 2.49. The molecule has 0 unspecified atom stereocenters. The van der Waals surface area contributed by atoms with Crippen molar-refractivity contribution in [1.82, 2.24) is 0 Å². The van der Waals surface area contributed by atoms with Gasteiger partial charge in [-0.25, -0.2) is 0 Å². The number of nitrogens with zero attached hydrogens (tertiary/aromatic N) is 1. The summed E-state index contributed by atoms with van der Waals surface area (Å²) in [6.07, 6.45) is 2.77. The zero-order valence-electron chi connectivity index (χ0n) is 12.0. The fraction of sp³-hybridized carbons (Fsp3) is 0.0625. The van der Waals surface area contributed by atoms with Gasteiger partial charge in [0.05, 0.1) is 4.92 Å². The highest BCUT2D eigenvalue weighted by Gasteiger charge is 2.11. The van der Waals surface area contributed by atoms with Crippen LogP contribution in [0.15, 0.2) is 42.5 Å². The van der Waals surface area contributed by atoms with E-state index in [2.05, 4.69) is 5.32 Å². The Morgan fingerprint density at radius 1 is 1.22 bits per heavy atom. The summed E-state index contributed by atoms with van der Waals surface area (Å²) in [5, 5.41) is 14.2. The van der Waals surface area contributed by atoms with Crippen LogP contribution >= 0.6 is 23.2 Å². The molecule has 0 saturated carbocycles. The van der Waals surface area contributed by atoms with E-state index in [0.717, 1.165) is 5.56 Å². The van der Waals surface area contributed by atoms with E-state index in [1.165, 1.54) is 24.3 Å². The minimum Gasteiger partial charge on any atom is -0.322 e. The molecule has 0 aliphatic rings. The van der Waals surface area contributed by atoms with Crippen LogP contribution in [-0.2, 0) is 4.79 Å². The maximum Gasteiger partial charge on any atom is 0.288 e. The molecule has 0 aliphatic heterocycles. The van der Waals surface area contributed by atoms with E-state index in [4.69, 9.17) is 23.2 Å². The third kappa shape index (κ3) is 4.55. The van der Waals surface area contributed by atoms with Crippen LogP contribution in [0.4, 0.5) is 11.4 Å². The minimum absolute atomic E-state index is 0.0494. The van der Waals surface area contributed by atoms with Crippen molar-refractivity contribution in [2.45, 2.75) is 6.92 Å². The number of nitro benzene ring substituents is 1. The highest BCUT2D eigenvalue weighted by atomic mass is 35.5. The van der Waals surface area contributed by atoms with Crippen LogP contribution in [0.5, 0.6) is 0 Å². The number of benzene rings is 2. The van der Waals surface area contributed by atoms with Gasteiger partial charge in [0.1, 0.15) is 5.02 Å². The molecular weight excluding hydrogens is 339 g/mol. The summed E-state index contributed by atoms with van der Waals surface area (Å²) in [6, 6.07) is 9.43. The summed E-state index contributed by atoms with van der Waals surface area (Å²) in [6.45, 7) is 1.83. The zero-order chi connectivity index (χ0) is 17.0. The normalized spacial score (nSPS) is 10.7. The van der Waals surface area contributed by atoms with Gasteiger partial charge in [0, 0.05) is 22.9 Å². The molecule has 0 aromatic heterocycles. The average molecular weight is 351 g/mol. The molecular formula is C16H12Cl2N2O3. The number of rotatable bonds is 4. The van der Waals surface area contributed by atoms with Crippen molar-refractivity contribution in [3.8, 4) is 0 Å². The van der Waals surface area contributed by atoms with E-state index in [-0.39, 0.29) is 16.6 Å². The molecule has 0 atom stereocenters. The van der Waals surface area contributed by atoms with E-state index < -0.39 is 4.92 Å². The van der Waals surface area contributed by atoms with Gasteiger partial charge < -0.3 is 5.32 Å². The van der Waals surface area contributed by atoms with E-state index >= 15 is 0 Å². The molecule has 1 N–H and O–H groups in total. The number of carbonyl (C=O) groups excluding carboxylic acids is 1. The van der Waals surface area contributed by atoms with E-state index in [1.54, 1.807) is 24.3 Å². The summed E-state index contributed by atoms with van der Waals surface area (Å²) >= 11 is 11.6. The van der Waals surface area contributed by atoms with Gasteiger partial charge in [0.15, 0.2) is 0 Å². The number of aryl methyl sites for hydroxylation is 1. The van der Waals surface area contributed by atoms with E-state index in [9.17, 15) is 14.9 Å². The Morgan fingerprint density at radius 2 is 1.96 bits per heavy atom. The maximum atomic E-state index is 11.9. The van der Waals surface area contributed by atoms with Crippen LogP contribution in [0, 0.1) is 17.0 Å². The first-order valence-corrected chi connectivity index (χ1v) is 7.31. The predicted molar refractivity (Wildman–Crippen MR) is 92.0 cm³/mol. The molecule has 0 radical (unpaired) electrons. The fourth-order valence-electron chi connectivity index (χ4n) is 1.89. The van der Waals surface area contributed by atoms with Crippen LogP contribution in [0.1, 0.15) is 11.1 Å². The number of hydrogen-bond donors (Lipinski definition) is 1. The lowest BCUT2D eigenvalue weighted by atomic mass is 10.2. The number of anilines is 1. The Kier molecular flexibility index (Phi) is 5.36. The van der Waals surface area contributed by atoms with Crippen molar-refractivity contribution < 1.29 is 9.72 Å². The standard InChI is InChI=1S/C16H12Cl2N2O3/c1-10-8-12(17)4-6-14(10)19-16(21)7-3-11-2-5-13(18)15(9-11)20(22)23/h2-9H,1H3,(H,19,21)/b7-3+.